The van der Waals surface area contributed by atoms with E-state index < -0.39 is 0 Å². The van der Waals surface area contributed by atoms with Gasteiger partial charge in [-0.15, -0.1) is 0 Å². The van der Waals surface area contributed by atoms with Crippen LogP contribution in [0.4, 0.5) is 0 Å². The number of aryl methyl sites for hydroxylation is 2. The van der Waals surface area contributed by atoms with Crippen LogP contribution in [0.25, 0.3) is 22.8 Å². The smallest absolute Gasteiger partial charge is 0.161 e. The second-order valence-electron chi connectivity index (χ2n) is 5.45. The molecule has 0 aliphatic carbocycles. The van der Waals surface area contributed by atoms with Gasteiger partial charge in [0.15, 0.2) is 11.6 Å². The molecule has 0 radical (unpaired) electrons. The summed E-state index contributed by atoms with van der Waals surface area (Å²) in [4.78, 5) is 8.08. The molecule has 0 spiro atoms. The van der Waals surface area contributed by atoms with E-state index in [2.05, 4.69) is 20.2 Å². The summed E-state index contributed by atoms with van der Waals surface area (Å²) in [5, 5.41) is 26.9. The van der Waals surface area contributed by atoms with Gasteiger partial charge < -0.3 is 10.2 Å². The zero-order chi connectivity index (χ0) is 18.5. The molecule has 0 aliphatic heterocycles. The molecule has 134 valence electrons. The fraction of sp³-hybridized carbons (Fsp3) is 0.111. The van der Waals surface area contributed by atoms with Crippen LogP contribution in [0.15, 0.2) is 61.2 Å². The predicted molar refractivity (Wildman–Crippen MR) is 96.2 cm³/mol. The van der Waals surface area contributed by atoms with Gasteiger partial charge in [-0.3, -0.25) is 0 Å². The summed E-state index contributed by atoms with van der Waals surface area (Å²) in [6.07, 6.45) is 2.92. The maximum absolute atomic E-state index is 9.53. The number of hydrogen-bond acceptors (Lipinski definition) is 6. The van der Waals surface area contributed by atoms with E-state index in [1.165, 1.54) is 12.7 Å². The number of aromatic nitrogens is 6. The van der Waals surface area contributed by atoms with Crippen molar-refractivity contribution in [1.29, 1.82) is 0 Å². The van der Waals surface area contributed by atoms with Crippen molar-refractivity contribution in [3.05, 3.63) is 61.2 Å². The van der Waals surface area contributed by atoms with Crippen LogP contribution in [0.2, 0.25) is 0 Å². The van der Waals surface area contributed by atoms with E-state index in [9.17, 15) is 10.2 Å². The van der Waals surface area contributed by atoms with Gasteiger partial charge in [0.1, 0.15) is 24.2 Å². The minimum atomic E-state index is 0. The number of benzene rings is 2. The third kappa shape index (κ3) is 4.57. The maximum atomic E-state index is 9.53. The number of phenolic OH excluding ortho intramolecular Hbond substituents is 2. The van der Waals surface area contributed by atoms with E-state index in [1.54, 1.807) is 59.9 Å². The molecule has 27 heavy (non-hydrogen) atoms. The average Bonchev–Trinajstić information content (AvgIpc) is 3.25. The summed E-state index contributed by atoms with van der Waals surface area (Å²) < 4.78 is 3.24. The Kier molecular flexibility index (Phi) is 6.79. The molecule has 0 aliphatic rings. The average molecular weight is 416 g/mol. The first-order valence-corrected chi connectivity index (χ1v) is 7.82. The Morgan fingerprint density at radius 1 is 0.667 bits per heavy atom. The van der Waals surface area contributed by atoms with Gasteiger partial charge >= 0.3 is 0 Å². The van der Waals surface area contributed by atoms with E-state index in [0.29, 0.717) is 22.8 Å². The first-order valence-electron chi connectivity index (χ1n) is 7.82. The van der Waals surface area contributed by atoms with Crippen LogP contribution in [-0.4, -0.2) is 39.7 Å². The molecule has 9 heteroatoms. The molecular weight excluding hydrogens is 398 g/mol. The molecule has 2 N–H and O–H groups in total. The van der Waals surface area contributed by atoms with Crippen molar-refractivity contribution < 1.29 is 29.7 Å². The third-order valence-electron chi connectivity index (χ3n) is 3.71. The van der Waals surface area contributed by atoms with Crippen molar-refractivity contribution in [3.63, 3.8) is 0 Å². The Morgan fingerprint density at radius 2 is 1.04 bits per heavy atom. The third-order valence-corrected chi connectivity index (χ3v) is 3.71. The van der Waals surface area contributed by atoms with E-state index in [1.807, 2.05) is 12.1 Å². The Balaban J connectivity index is 0.000000187. The van der Waals surface area contributed by atoms with Crippen molar-refractivity contribution in [2.45, 2.75) is 0 Å². The topological polar surface area (TPSA) is 102 Å². The first-order chi connectivity index (χ1) is 12.6. The molecule has 8 nitrogen and oxygen atoms in total. The van der Waals surface area contributed by atoms with Crippen LogP contribution in [0.3, 0.4) is 0 Å². The van der Waals surface area contributed by atoms with Crippen molar-refractivity contribution >= 4 is 0 Å². The van der Waals surface area contributed by atoms with Gasteiger partial charge in [-0.25, -0.2) is 19.3 Å². The molecule has 0 amide bonds. The maximum Gasteiger partial charge on any atom is 0.161 e. The van der Waals surface area contributed by atoms with Gasteiger partial charge in [-0.05, 0) is 24.3 Å². The summed E-state index contributed by atoms with van der Waals surface area (Å²) >= 11 is 0. The number of rotatable bonds is 2. The van der Waals surface area contributed by atoms with Crippen LogP contribution in [0.1, 0.15) is 0 Å². The first kappa shape index (κ1) is 20.3. The van der Waals surface area contributed by atoms with Gasteiger partial charge in [0, 0.05) is 33.6 Å². The second-order valence-corrected chi connectivity index (χ2v) is 5.45. The van der Waals surface area contributed by atoms with Crippen LogP contribution in [-0.2, 0) is 33.6 Å². The second kappa shape index (κ2) is 9.05. The van der Waals surface area contributed by atoms with E-state index in [-0.39, 0.29) is 31.0 Å². The number of para-hydroxylation sites is 2. The van der Waals surface area contributed by atoms with Crippen LogP contribution < -0.4 is 0 Å². The predicted octanol–water partition coefficient (Wildman–Crippen LogP) is 2.37. The van der Waals surface area contributed by atoms with E-state index >= 15 is 0 Å². The van der Waals surface area contributed by atoms with Crippen molar-refractivity contribution in [2.24, 2.45) is 14.1 Å². The number of phenols is 2. The zero-order valence-electron chi connectivity index (χ0n) is 15.1. The molecule has 0 fully saturated rings. The molecule has 2 heterocycles. The number of hydrogen-bond donors (Lipinski definition) is 2. The minimum absolute atomic E-state index is 0. The number of nitrogens with zero attached hydrogens (tertiary/aromatic N) is 6. The van der Waals surface area contributed by atoms with Gasteiger partial charge in [-0.1, -0.05) is 24.3 Å². The molecule has 0 saturated heterocycles. The SMILES string of the molecule is Cn1ncnc1-c1ccccc1O.Cn1ncnc1-c1ccccc1O.[Zn]. The Labute approximate surface area is 168 Å². The normalized spacial score (nSPS) is 9.85. The molecule has 4 rings (SSSR count). The zero-order valence-corrected chi connectivity index (χ0v) is 18.0. The molecule has 2 aromatic carbocycles. The van der Waals surface area contributed by atoms with Crippen molar-refractivity contribution in [1.82, 2.24) is 29.5 Å². The summed E-state index contributed by atoms with van der Waals surface area (Å²) in [5.41, 5.74) is 1.39. The summed E-state index contributed by atoms with van der Waals surface area (Å²) in [7, 11) is 3.57. The monoisotopic (exact) mass is 414 g/mol. The van der Waals surface area contributed by atoms with Crippen molar-refractivity contribution in [2.75, 3.05) is 0 Å². The van der Waals surface area contributed by atoms with E-state index in [4.69, 9.17) is 0 Å². The number of aromatic hydroxyl groups is 2. The molecule has 0 atom stereocenters. The quantitative estimate of drug-likeness (QED) is 0.487. The summed E-state index contributed by atoms with van der Waals surface area (Å²) in [5.74, 6) is 1.77. The van der Waals surface area contributed by atoms with Gasteiger partial charge in [0.2, 0.25) is 0 Å². The molecule has 4 aromatic rings. The molecular formula is C18H18N6O2Zn. The Hall–Kier alpha value is -3.06. The summed E-state index contributed by atoms with van der Waals surface area (Å²) in [6, 6.07) is 14.1. The molecule has 0 bridgehead atoms. The Morgan fingerprint density at radius 3 is 1.33 bits per heavy atom. The van der Waals surface area contributed by atoms with Gasteiger partial charge in [0.25, 0.3) is 0 Å². The van der Waals surface area contributed by atoms with E-state index in [0.717, 1.165) is 0 Å². The molecule has 0 saturated carbocycles. The standard InChI is InChI=1S/2C9H9N3O.Zn/c2*1-12-9(10-6-11-12)7-4-2-3-5-8(7)13;/h2*2-6,13H,1H3;. The fourth-order valence-corrected chi connectivity index (χ4v) is 2.41. The van der Waals surface area contributed by atoms with Crippen LogP contribution in [0.5, 0.6) is 11.5 Å². The summed E-state index contributed by atoms with van der Waals surface area (Å²) in [6.45, 7) is 0. The molecule has 2 aromatic heterocycles. The van der Waals surface area contributed by atoms with Gasteiger partial charge in [-0.2, -0.15) is 10.2 Å². The Bertz CT molecular complexity index is 933. The fourth-order valence-electron chi connectivity index (χ4n) is 2.41. The minimum Gasteiger partial charge on any atom is -0.507 e. The van der Waals surface area contributed by atoms with Crippen molar-refractivity contribution in [3.8, 4) is 34.3 Å². The largest absolute Gasteiger partial charge is 0.507 e. The van der Waals surface area contributed by atoms with Crippen LogP contribution in [0, 0.1) is 0 Å². The van der Waals surface area contributed by atoms with Gasteiger partial charge in [0.05, 0.1) is 11.1 Å². The van der Waals surface area contributed by atoms with Crippen LogP contribution >= 0.6 is 0 Å². The molecule has 0 unspecified atom stereocenters.